The zero-order chi connectivity index (χ0) is 32.2. The molecule has 0 unspecified atom stereocenters. The summed E-state index contributed by atoms with van der Waals surface area (Å²) in [5.41, 5.74) is 10.5. The molecular weight excluding hydrogens is 526 g/mol. The van der Waals surface area contributed by atoms with E-state index in [4.69, 9.17) is 0 Å². The lowest BCUT2D eigenvalue weighted by Gasteiger charge is -2.33. The standard InChI is InChI=1S/C40H55NO2/c1-30(15-11-16-31(2)22-25-37-34(5)19-13-27-39(37,7)8)21-24-36(41(42)43)29-33(4)18-12-17-32(3)23-26-38-35(6)20-14-28-40(38,9)10/h11-12,15-18,21-26,29H,13-14,19-20,27-28H2,1-10H3/b15-11+,18-12+,25-22+,26-23+,30-21+,31-16+,32-17+,33-29-,36-24-. The summed E-state index contributed by atoms with van der Waals surface area (Å²) >= 11 is 0. The van der Waals surface area contributed by atoms with Crippen molar-refractivity contribution in [3.05, 3.63) is 139 Å². The highest BCUT2D eigenvalue weighted by Crippen LogP contribution is 2.41. The molecule has 0 saturated carbocycles. The molecule has 0 atom stereocenters. The smallest absolute Gasteiger partial charge is 0.258 e. The van der Waals surface area contributed by atoms with Crippen LogP contribution in [0, 0.1) is 20.9 Å². The highest BCUT2D eigenvalue weighted by molar-refractivity contribution is 5.39. The Hall–Kier alpha value is -3.46. The maximum Gasteiger partial charge on any atom is 0.269 e. The topological polar surface area (TPSA) is 43.1 Å². The van der Waals surface area contributed by atoms with Gasteiger partial charge < -0.3 is 0 Å². The van der Waals surface area contributed by atoms with Crippen molar-refractivity contribution in [2.75, 3.05) is 0 Å². The number of allylic oxidation sites excluding steroid dienone is 21. The Morgan fingerprint density at radius 3 is 1.49 bits per heavy atom. The van der Waals surface area contributed by atoms with Gasteiger partial charge in [0.05, 0.1) is 4.92 Å². The molecule has 0 saturated heterocycles. The molecule has 0 radical (unpaired) electrons. The second-order valence-electron chi connectivity index (χ2n) is 13.7. The van der Waals surface area contributed by atoms with E-state index in [0.717, 1.165) is 16.7 Å². The van der Waals surface area contributed by atoms with E-state index in [-0.39, 0.29) is 21.5 Å². The summed E-state index contributed by atoms with van der Waals surface area (Å²) in [6, 6.07) is 0. The van der Waals surface area contributed by atoms with Crippen molar-refractivity contribution >= 4 is 0 Å². The van der Waals surface area contributed by atoms with Crippen LogP contribution >= 0.6 is 0 Å². The van der Waals surface area contributed by atoms with Crippen molar-refractivity contribution < 1.29 is 4.92 Å². The van der Waals surface area contributed by atoms with Gasteiger partial charge in [-0.25, -0.2) is 0 Å². The quantitative estimate of drug-likeness (QED) is 0.138. The van der Waals surface area contributed by atoms with Gasteiger partial charge in [-0.2, -0.15) is 0 Å². The monoisotopic (exact) mass is 581 g/mol. The summed E-state index contributed by atoms with van der Waals surface area (Å²) in [6.07, 6.45) is 33.2. The van der Waals surface area contributed by atoms with Crippen LogP contribution in [-0.4, -0.2) is 4.92 Å². The van der Waals surface area contributed by atoms with Gasteiger partial charge in [0.1, 0.15) is 0 Å². The Labute approximate surface area is 262 Å². The Balaban J connectivity index is 2.06. The molecule has 3 nitrogen and oxygen atoms in total. The predicted molar refractivity (Wildman–Crippen MR) is 187 cm³/mol. The Morgan fingerprint density at radius 1 is 0.651 bits per heavy atom. The van der Waals surface area contributed by atoms with Crippen LogP contribution in [0.1, 0.15) is 108 Å². The van der Waals surface area contributed by atoms with Crippen LogP contribution in [0.3, 0.4) is 0 Å². The minimum Gasteiger partial charge on any atom is -0.258 e. The van der Waals surface area contributed by atoms with E-state index in [0.29, 0.717) is 0 Å². The third-order valence-electron chi connectivity index (χ3n) is 8.65. The lowest BCUT2D eigenvalue weighted by Crippen LogP contribution is -2.19. The predicted octanol–water partition coefficient (Wildman–Crippen LogP) is 12.2. The fraction of sp³-hybridized carbons (Fsp3) is 0.450. The molecule has 43 heavy (non-hydrogen) atoms. The maximum atomic E-state index is 11.7. The van der Waals surface area contributed by atoms with Gasteiger partial charge in [-0.1, -0.05) is 122 Å². The summed E-state index contributed by atoms with van der Waals surface area (Å²) in [6.45, 7) is 21.8. The molecule has 2 rings (SSSR count). The third-order valence-corrected chi connectivity index (χ3v) is 8.65. The van der Waals surface area contributed by atoms with Crippen LogP contribution in [0.2, 0.25) is 0 Å². The molecule has 0 aliphatic heterocycles. The first kappa shape index (κ1) is 35.7. The van der Waals surface area contributed by atoms with E-state index in [1.807, 2.05) is 44.2 Å². The lowest BCUT2D eigenvalue weighted by atomic mass is 9.72. The van der Waals surface area contributed by atoms with E-state index in [2.05, 4.69) is 85.8 Å². The average Bonchev–Trinajstić information content (AvgIpc) is 2.89. The first-order valence-corrected chi connectivity index (χ1v) is 15.8. The molecule has 0 heterocycles. The maximum absolute atomic E-state index is 11.7. The van der Waals surface area contributed by atoms with Gasteiger partial charge >= 0.3 is 0 Å². The number of hydrogen-bond acceptors (Lipinski definition) is 2. The van der Waals surface area contributed by atoms with Gasteiger partial charge in [-0.05, 0) is 108 Å². The van der Waals surface area contributed by atoms with Gasteiger partial charge in [-0.3, -0.25) is 10.1 Å². The van der Waals surface area contributed by atoms with Crippen LogP contribution in [-0.2, 0) is 0 Å². The number of rotatable bonds is 11. The molecule has 232 valence electrons. The second-order valence-corrected chi connectivity index (χ2v) is 13.7. The van der Waals surface area contributed by atoms with Gasteiger partial charge in [0.25, 0.3) is 5.70 Å². The molecule has 0 aromatic carbocycles. The van der Waals surface area contributed by atoms with E-state index < -0.39 is 0 Å². The highest BCUT2D eigenvalue weighted by atomic mass is 16.6. The number of nitro groups is 1. The number of nitrogens with zero attached hydrogens (tertiary/aromatic N) is 1. The minimum atomic E-state index is -0.338. The van der Waals surface area contributed by atoms with Crippen molar-refractivity contribution in [3.8, 4) is 0 Å². The average molecular weight is 582 g/mol. The van der Waals surface area contributed by atoms with Crippen LogP contribution in [0.4, 0.5) is 0 Å². The zero-order valence-electron chi connectivity index (χ0n) is 28.5. The Kier molecular flexibility index (Phi) is 13.6. The summed E-state index contributed by atoms with van der Waals surface area (Å²) in [5, 5.41) is 11.7. The van der Waals surface area contributed by atoms with Crippen molar-refractivity contribution in [2.45, 2.75) is 108 Å². The molecular formula is C40H55NO2. The molecule has 0 aromatic heterocycles. The molecule has 2 aliphatic carbocycles. The van der Waals surface area contributed by atoms with Crippen LogP contribution in [0.25, 0.3) is 0 Å². The van der Waals surface area contributed by atoms with Gasteiger partial charge in [0.2, 0.25) is 0 Å². The van der Waals surface area contributed by atoms with E-state index in [1.165, 1.54) is 66.4 Å². The van der Waals surface area contributed by atoms with Crippen molar-refractivity contribution in [2.24, 2.45) is 10.8 Å². The molecule has 0 aromatic rings. The lowest BCUT2D eigenvalue weighted by molar-refractivity contribution is -0.419. The van der Waals surface area contributed by atoms with Crippen LogP contribution < -0.4 is 0 Å². The SMILES string of the molecule is CC1=C(/C=C/C(C)=C/C=C/C(C)=C\C(=C\C=C(C)\C=C\C=C(C)\C=C\C2=C(C)CCCC2(C)C)[N+](=O)[O-])C(C)(C)CCC1. The first-order valence-electron chi connectivity index (χ1n) is 15.8. The molecule has 0 N–H and O–H groups in total. The van der Waals surface area contributed by atoms with E-state index in [9.17, 15) is 10.1 Å². The Bertz CT molecular complexity index is 1370. The number of hydrogen-bond donors (Lipinski definition) is 0. The molecule has 0 spiro atoms. The summed E-state index contributed by atoms with van der Waals surface area (Å²) < 4.78 is 0. The van der Waals surface area contributed by atoms with Crippen molar-refractivity contribution in [1.82, 2.24) is 0 Å². The fourth-order valence-electron chi connectivity index (χ4n) is 5.98. The fourth-order valence-corrected chi connectivity index (χ4v) is 5.98. The molecule has 0 fully saturated rings. The van der Waals surface area contributed by atoms with E-state index in [1.54, 1.807) is 18.2 Å². The summed E-state index contributed by atoms with van der Waals surface area (Å²) in [4.78, 5) is 11.4. The van der Waals surface area contributed by atoms with E-state index >= 15 is 0 Å². The first-order chi connectivity index (χ1) is 20.1. The third kappa shape index (κ3) is 12.0. The Morgan fingerprint density at radius 2 is 1.07 bits per heavy atom. The second kappa shape index (κ2) is 16.4. The van der Waals surface area contributed by atoms with Crippen molar-refractivity contribution in [3.63, 3.8) is 0 Å². The molecule has 3 heteroatoms. The van der Waals surface area contributed by atoms with Gasteiger partial charge in [-0.15, -0.1) is 0 Å². The molecule has 0 bridgehead atoms. The van der Waals surface area contributed by atoms with Crippen molar-refractivity contribution in [1.29, 1.82) is 0 Å². The van der Waals surface area contributed by atoms with Gasteiger partial charge in [0.15, 0.2) is 0 Å². The largest absolute Gasteiger partial charge is 0.269 e. The van der Waals surface area contributed by atoms with Gasteiger partial charge in [0, 0.05) is 12.2 Å². The van der Waals surface area contributed by atoms with Crippen LogP contribution in [0.15, 0.2) is 129 Å². The molecule has 0 amide bonds. The summed E-state index contributed by atoms with van der Waals surface area (Å²) in [7, 11) is 0. The highest BCUT2D eigenvalue weighted by Gasteiger charge is 2.27. The van der Waals surface area contributed by atoms with Crippen LogP contribution in [0.5, 0.6) is 0 Å². The normalized spacial score (nSPS) is 21.4. The molecule has 2 aliphatic rings. The summed E-state index contributed by atoms with van der Waals surface area (Å²) in [5.74, 6) is 0. The minimum absolute atomic E-state index is 0.0610. The zero-order valence-corrected chi connectivity index (χ0v) is 28.5.